The number of carbonyl (C=O) groups is 1. The van der Waals surface area contributed by atoms with Gasteiger partial charge in [0.25, 0.3) is 0 Å². The monoisotopic (exact) mass is 279 g/mol. The molecule has 3 nitrogen and oxygen atoms in total. The second-order valence-corrected chi connectivity index (χ2v) is 6.05. The van der Waals surface area contributed by atoms with Gasteiger partial charge in [0.05, 0.1) is 5.41 Å². The van der Waals surface area contributed by atoms with Crippen LogP contribution in [-0.4, -0.2) is 35.6 Å². The van der Waals surface area contributed by atoms with Crippen LogP contribution in [0, 0.1) is 11.7 Å². The van der Waals surface area contributed by atoms with Crippen LogP contribution in [0.5, 0.6) is 0 Å². The van der Waals surface area contributed by atoms with Gasteiger partial charge in [-0.05, 0) is 38.7 Å². The highest BCUT2D eigenvalue weighted by Gasteiger charge is 2.37. The lowest BCUT2D eigenvalue weighted by Gasteiger charge is -2.37. The minimum absolute atomic E-state index is 0.0687. The van der Waals surface area contributed by atoms with Crippen LogP contribution in [0.25, 0.3) is 0 Å². The first-order valence-electron chi connectivity index (χ1n) is 7.12. The van der Waals surface area contributed by atoms with Crippen molar-refractivity contribution in [2.75, 3.05) is 19.7 Å². The number of aliphatic hydroxyl groups is 1. The molecule has 1 aromatic rings. The topological polar surface area (TPSA) is 40.5 Å². The van der Waals surface area contributed by atoms with Gasteiger partial charge in [0.1, 0.15) is 5.82 Å². The van der Waals surface area contributed by atoms with Crippen LogP contribution in [-0.2, 0) is 10.2 Å². The summed E-state index contributed by atoms with van der Waals surface area (Å²) in [7, 11) is 0. The third-order valence-electron chi connectivity index (χ3n) is 4.15. The molecule has 1 heterocycles. The van der Waals surface area contributed by atoms with Gasteiger partial charge in [-0.15, -0.1) is 0 Å². The molecule has 1 N–H and O–H groups in total. The van der Waals surface area contributed by atoms with Crippen LogP contribution in [0.2, 0.25) is 0 Å². The molecule has 110 valence electrons. The molecule has 1 aliphatic heterocycles. The molecule has 0 saturated carbocycles. The van der Waals surface area contributed by atoms with E-state index in [1.54, 1.807) is 36.9 Å². The molecule has 0 aliphatic carbocycles. The second-order valence-electron chi connectivity index (χ2n) is 6.05. The molecule has 4 heteroatoms. The Hall–Kier alpha value is -1.42. The van der Waals surface area contributed by atoms with Crippen LogP contribution >= 0.6 is 0 Å². The Kier molecular flexibility index (Phi) is 4.43. The standard InChI is InChI=1S/C16H22FNO2/c1-16(2,13-7-3-4-8-14(13)17)15(20)18-9-5-6-12(10-18)11-19/h3-4,7-8,12,19H,5-6,9-11H2,1-2H3. The van der Waals surface area contributed by atoms with Crippen LogP contribution in [0.3, 0.4) is 0 Å². The number of amides is 1. The Morgan fingerprint density at radius 2 is 2.15 bits per heavy atom. The van der Waals surface area contributed by atoms with Gasteiger partial charge in [0.2, 0.25) is 5.91 Å². The Balaban J connectivity index is 2.21. The number of halogens is 1. The fraction of sp³-hybridized carbons (Fsp3) is 0.562. The Morgan fingerprint density at radius 1 is 1.45 bits per heavy atom. The zero-order valence-electron chi connectivity index (χ0n) is 12.1. The maximum Gasteiger partial charge on any atom is 0.232 e. The maximum absolute atomic E-state index is 13.9. The van der Waals surface area contributed by atoms with Gasteiger partial charge in [0, 0.05) is 25.3 Å². The van der Waals surface area contributed by atoms with Crippen molar-refractivity contribution in [2.45, 2.75) is 32.1 Å². The fourth-order valence-electron chi connectivity index (χ4n) is 2.88. The quantitative estimate of drug-likeness (QED) is 0.922. The lowest BCUT2D eigenvalue weighted by atomic mass is 9.82. The van der Waals surface area contributed by atoms with Gasteiger partial charge in [-0.1, -0.05) is 18.2 Å². The smallest absolute Gasteiger partial charge is 0.232 e. The molecule has 20 heavy (non-hydrogen) atoms. The number of hydrogen-bond acceptors (Lipinski definition) is 2. The van der Waals surface area contributed by atoms with Gasteiger partial charge in [-0.25, -0.2) is 4.39 Å². The van der Waals surface area contributed by atoms with E-state index in [2.05, 4.69) is 0 Å². The summed E-state index contributed by atoms with van der Waals surface area (Å²) in [6.07, 6.45) is 1.84. The molecule has 2 rings (SSSR count). The highest BCUT2D eigenvalue weighted by atomic mass is 19.1. The number of benzene rings is 1. The largest absolute Gasteiger partial charge is 0.396 e. The van der Waals surface area contributed by atoms with E-state index in [-0.39, 0.29) is 24.2 Å². The van der Waals surface area contributed by atoms with Crippen molar-refractivity contribution in [3.63, 3.8) is 0 Å². The van der Waals surface area contributed by atoms with Crippen molar-refractivity contribution in [1.29, 1.82) is 0 Å². The molecular weight excluding hydrogens is 257 g/mol. The molecule has 1 atom stereocenters. The molecule has 0 aromatic heterocycles. The SMILES string of the molecule is CC(C)(C(=O)N1CCCC(CO)C1)c1ccccc1F. The fourth-order valence-corrected chi connectivity index (χ4v) is 2.88. The van der Waals surface area contributed by atoms with Gasteiger partial charge < -0.3 is 10.0 Å². The molecule has 0 spiro atoms. The van der Waals surface area contributed by atoms with Crippen molar-refractivity contribution in [1.82, 2.24) is 4.90 Å². The molecule has 1 aromatic carbocycles. The number of carbonyl (C=O) groups excluding carboxylic acids is 1. The van der Waals surface area contributed by atoms with E-state index in [4.69, 9.17) is 0 Å². The Labute approximate surface area is 119 Å². The Bertz CT molecular complexity index is 487. The zero-order chi connectivity index (χ0) is 14.8. The number of hydrogen-bond donors (Lipinski definition) is 1. The predicted octanol–water partition coefficient (Wildman–Crippen LogP) is 2.33. The normalized spacial score (nSPS) is 20.0. The number of piperidine rings is 1. The summed E-state index contributed by atoms with van der Waals surface area (Å²) in [5.41, 5.74) is -0.459. The first kappa shape index (κ1) is 15.0. The maximum atomic E-state index is 13.9. The highest BCUT2D eigenvalue weighted by molar-refractivity contribution is 5.87. The molecule has 1 saturated heterocycles. The van der Waals surface area contributed by atoms with E-state index in [1.807, 2.05) is 0 Å². The van der Waals surface area contributed by atoms with E-state index >= 15 is 0 Å². The summed E-state index contributed by atoms with van der Waals surface area (Å²) in [5.74, 6) is -0.272. The molecule has 1 amide bonds. The van der Waals surface area contributed by atoms with Gasteiger partial charge >= 0.3 is 0 Å². The third kappa shape index (κ3) is 2.85. The van der Waals surface area contributed by atoms with E-state index in [1.165, 1.54) is 6.07 Å². The van der Waals surface area contributed by atoms with Crippen molar-refractivity contribution < 1.29 is 14.3 Å². The molecule has 0 bridgehead atoms. The highest BCUT2D eigenvalue weighted by Crippen LogP contribution is 2.29. The average molecular weight is 279 g/mol. The average Bonchev–Trinajstić information content (AvgIpc) is 2.46. The molecule has 1 fully saturated rings. The summed E-state index contributed by atoms with van der Waals surface area (Å²) >= 11 is 0. The summed E-state index contributed by atoms with van der Waals surface area (Å²) in [6.45, 7) is 4.87. The van der Waals surface area contributed by atoms with Gasteiger partial charge in [-0.2, -0.15) is 0 Å². The lowest BCUT2D eigenvalue weighted by molar-refractivity contribution is -0.138. The summed E-state index contributed by atoms with van der Waals surface area (Å²) in [5, 5.41) is 9.26. The molecule has 1 unspecified atom stereocenters. The van der Waals surface area contributed by atoms with Crippen LogP contribution in [0.1, 0.15) is 32.3 Å². The van der Waals surface area contributed by atoms with Crippen LogP contribution in [0.15, 0.2) is 24.3 Å². The van der Waals surface area contributed by atoms with Crippen molar-refractivity contribution in [2.24, 2.45) is 5.92 Å². The minimum atomic E-state index is -0.886. The molecule has 1 aliphatic rings. The summed E-state index contributed by atoms with van der Waals surface area (Å²) in [4.78, 5) is 14.5. The number of likely N-dealkylation sites (tertiary alicyclic amines) is 1. The van der Waals surface area contributed by atoms with Crippen molar-refractivity contribution in [3.05, 3.63) is 35.6 Å². The molecular formula is C16H22FNO2. The number of aliphatic hydroxyl groups excluding tert-OH is 1. The lowest BCUT2D eigenvalue weighted by Crippen LogP contribution is -2.48. The van der Waals surface area contributed by atoms with Crippen molar-refractivity contribution >= 4 is 5.91 Å². The minimum Gasteiger partial charge on any atom is -0.396 e. The van der Waals surface area contributed by atoms with Crippen LogP contribution in [0.4, 0.5) is 4.39 Å². The first-order valence-corrected chi connectivity index (χ1v) is 7.12. The molecule has 0 radical (unpaired) electrons. The summed E-state index contributed by atoms with van der Waals surface area (Å²) < 4.78 is 13.9. The van der Waals surface area contributed by atoms with E-state index in [0.717, 1.165) is 12.8 Å². The first-order chi connectivity index (χ1) is 9.46. The second kappa shape index (κ2) is 5.92. The third-order valence-corrected chi connectivity index (χ3v) is 4.15. The zero-order valence-corrected chi connectivity index (χ0v) is 12.1. The summed E-state index contributed by atoms with van der Waals surface area (Å²) in [6, 6.07) is 6.43. The van der Waals surface area contributed by atoms with Crippen molar-refractivity contribution in [3.8, 4) is 0 Å². The number of nitrogens with zero attached hydrogens (tertiary/aromatic N) is 1. The van der Waals surface area contributed by atoms with Gasteiger partial charge in [-0.3, -0.25) is 4.79 Å². The van der Waals surface area contributed by atoms with E-state index < -0.39 is 5.41 Å². The van der Waals surface area contributed by atoms with Crippen LogP contribution < -0.4 is 0 Å². The number of rotatable bonds is 3. The van der Waals surface area contributed by atoms with E-state index in [0.29, 0.717) is 18.7 Å². The van der Waals surface area contributed by atoms with E-state index in [9.17, 15) is 14.3 Å². The predicted molar refractivity (Wildman–Crippen MR) is 75.8 cm³/mol. The Morgan fingerprint density at radius 3 is 2.80 bits per heavy atom. The van der Waals surface area contributed by atoms with Gasteiger partial charge in [0.15, 0.2) is 0 Å².